The van der Waals surface area contributed by atoms with Crippen molar-refractivity contribution in [2.24, 2.45) is 0 Å². The zero-order valence-electron chi connectivity index (χ0n) is 11.6. The van der Waals surface area contributed by atoms with Gasteiger partial charge < -0.3 is 14.4 Å². The monoisotopic (exact) mass is 284 g/mol. The second-order valence-corrected chi connectivity index (χ2v) is 5.60. The molecule has 5 nitrogen and oxygen atoms in total. The van der Waals surface area contributed by atoms with E-state index in [0.717, 1.165) is 23.9 Å². The second-order valence-electron chi connectivity index (χ2n) is 4.77. The molecule has 1 saturated heterocycles. The molecule has 0 N–H and O–H groups in total. The highest BCUT2D eigenvalue weighted by atomic mass is 32.1. The molecule has 2 heterocycles. The van der Waals surface area contributed by atoms with Gasteiger partial charge in [-0.05, 0) is 20.8 Å². The fraction of sp³-hybridized carbons (Fsp3) is 0.692. The number of carbonyl (C=O) groups excluding carboxylic acids is 1. The predicted molar refractivity (Wildman–Crippen MR) is 74.7 cm³/mol. The first-order valence-corrected chi connectivity index (χ1v) is 7.47. The van der Waals surface area contributed by atoms with E-state index in [1.54, 1.807) is 18.3 Å². The number of hydrogen-bond donors (Lipinski definition) is 0. The summed E-state index contributed by atoms with van der Waals surface area (Å²) in [6.07, 6.45) is 0.669. The van der Waals surface area contributed by atoms with Crippen molar-refractivity contribution in [3.8, 4) is 0 Å². The molecule has 1 fully saturated rings. The second kappa shape index (κ2) is 6.34. The SMILES string of the molecule is CCOC(=O)Cc1csc(N2CC(C)OC(C)C2)n1. The molecule has 2 unspecified atom stereocenters. The van der Waals surface area contributed by atoms with Crippen molar-refractivity contribution in [2.75, 3.05) is 24.6 Å². The minimum Gasteiger partial charge on any atom is -0.466 e. The number of hydrogen-bond acceptors (Lipinski definition) is 6. The van der Waals surface area contributed by atoms with Gasteiger partial charge in [0.1, 0.15) is 0 Å². The molecule has 0 amide bonds. The van der Waals surface area contributed by atoms with E-state index in [1.165, 1.54) is 0 Å². The molecule has 1 aliphatic heterocycles. The number of rotatable bonds is 4. The molecule has 0 aliphatic carbocycles. The largest absolute Gasteiger partial charge is 0.466 e. The average Bonchev–Trinajstić information content (AvgIpc) is 2.76. The Labute approximate surface area is 117 Å². The van der Waals surface area contributed by atoms with Gasteiger partial charge in [-0.25, -0.2) is 4.98 Å². The van der Waals surface area contributed by atoms with E-state index in [-0.39, 0.29) is 24.6 Å². The molecule has 2 rings (SSSR count). The first-order chi connectivity index (χ1) is 9.08. The summed E-state index contributed by atoms with van der Waals surface area (Å²) in [5.41, 5.74) is 0.783. The lowest BCUT2D eigenvalue weighted by atomic mass is 10.2. The topological polar surface area (TPSA) is 51.7 Å². The highest BCUT2D eigenvalue weighted by Gasteiger charge is 2.24. The third-order valence-corrected chi connectivity index (χ3v) is 3.81. The maximum atomic E-state index is 11.4. The summed E-state index contributed by atoms with van der Waals surface area (Å²) >= 11 is 1.57. The van der Waals surface area contributed by atoms with Crippen LogP contribution in [-0.4, -0.2) is 42.9 Å². The molecule has 19 heavy (non-hydrogen) atoms. The maximum absolute atomic E-state index is 11.4. The standard InChI is InChI=1S/C13H20N2O3S/c1-4-17-12(16)5-11-8-19-13(14-11)15-6-9(2)18-10(3)7-15/h8-10H,4-7H2,1-3H3. The van der Waals surface area contributed by atoms with Gasteiger partial charge in [-0.2, -0.15) is 0 Å². The number of ether oxygens (including phenoxy) is 2. The van der Waals surface area contributed by atoms with Crippen molar-refractivity contribution in [1.29, 1.82) is 0 Å². The summed E-state index contributed by atoms with van der Waals surface area (Å²) in [7, 11) is 0. The number of morpholine rings is 1. The van der Waals surface area contributed by atoms with Gasteiger partial charge in [-0.3, -0.25) is 4.79 Å². The molecular formula is C13H20N2O3S. The quantitative estimate of drug-likeness (QED) is 0.790. The first-order valence-electron chi connectivity index (χ1n) is 6.59. The van der Waals surface area contributed by atoms with E-state index in [1.807, 2.05) is 5.38 Å². The number of esters is 1. The van der Waals surface area contributed by atoms with Gasteiger partial charge in [0.05, 0.1) is 30.9 Å². The van der Waals surface area contributed by atoms with Gasteiger partial charge in [0, 0.05) is 18.5 Å². The van der Waals surface area contributed by atoms with E-state index in [2.05, 4.69) is 23.7 Å². The Bertz CT molecular complexity index is 425. The van der Waals surface area contributed by atoms with Crippen LogP contribution in [0, 0.1) is 0 Å². The van der Waals surface area contributed by atoms with Crippen molar-refractivity contribution in [1.82, 2.24) is 4.98 Å². The van der Waals surface area contributed by atoms with Crippen LogP contribution < -0.4 is 4.90 Å². The summed E-state index contributed by atoms with van der Waals surface area (Å²) in [4.78, 5) is 18.1. The van der Waals surface area contributed by atoms with Crippen LogP contribution in [0.1, 0.15) is 26.5 Å². The summed E-state index contributed by atoms with van der Waals surface area (Å²) in [6.45, 7) is 8.04. The Morgan fingerprint density at radius 3 is 2.84 bits per heavy atom. The van der Waals surface area contributed by atoms with Gasteiger partial charge >= 0.3 is 5.97 Å². The predicted octanol–water partition coefficient (Wildman–Crippen LogP) is 1.86. The van der Waals surface area contributed by atoms with Gasteiger partial charge in [0.15, 0.2) is 5.13 Å². The van der Waals surface area contributed by atoms with Crippen molar-refractivity contribution < 1.29 is 14.3 Å². The molecule has 0 bridgehead atoms. The van der Waals surface area contributed by atoms with Crippen LogP contribution in [-0.2, 0) is 20.7 Å². The molecule has 0 radical (unpaired) electrons. The normalized spacial score (nSPS) is 23.4. The number of aromatic nitrogens is 1. The third kappa shape index (κ3) is 3.91. The van der Waals surface area contributed by atoms with Crippen molar-refractivity contribution in [3.63, 3.8) is 0 Å². The fourth-order valence-corrected chi connectivity index (χ4v) is 3.06. The zero-order valence-corrected chi connectivity index (χ0v) is 12.4. The smallest absolute Gasteiger partial charge is 0.311 e. The Morgan fingerprint density at radius 2 is 2.21 bits per heavy atom. The van der Waals surface area contributed by atoms with Gasteiger partial charge in [0.25, 0.3) is 0 Å². The molecule has 0 aromatic carbocycles. The van der Waals surface area contributed by atoms with Crippen LogP contribution in [0.25, 0.3) is 0 Å². The highest BCUT2D eigenvalue weighted by Crippen LogP contribution is 2.24. The molecule has 1 aromatic rings. The molecule has 106 valence electrons. The van der Waals surface area contributed by atoms with Crippen LogP contribution in [0.15, 0.2) is 5.38 Å². The molecule has 0 saturated carbocycles. The molecule has 0 spiro atoms. The minimum absolute atomic E-state index is 0.209. The van der Waals surface area contributed by atoms with Gasteiger partial charge in [0.2, 0.25) is 0 Å². The lowest BCUT2D eigenvalue weighted by Crippen LogP contribution is -2.45. The maximum Gasteiger partial charge on any atom is 0.311 e. The van der Waals surface area contributed by atoms with Crippen LogP contribution >= 0.6 is 11.3 Å². The first kappa shape index (κ1) is 14.3. The third-order valence-electron chi connectivity index (χ3n) is 2.86. The fourth-order valence-electron chi connectivity index (χ4n) is 2.22. The molecule has 1 aliphatic rings. The van der Waals surface area contributed by atoms with Crippen LogP contribution in [0.3, 0.4) is 0 Å². The number of anilines is 1. The van der Waals surface area contributed by atoms with Crippen molar-refractivity contribution in [3.05, 3.63) is 11.1 Å². The van der Waals surface area contributed by atoms with Crippen molar-refractivity contribution >= 4 is 22.4 Å². The van der Waals surface area contributed by atoms with Crippen molar-refractivity contribution in [2.45, 2.75) is 39.4 Å². The summed E-state index contributed by atoms with van der Waals surface area (Å²) in [5.74, 6) is -0.219. The summed E-state index contributed by atoms with van der Waals surface area (Å²) in [6, 6.07) is 0. The summed E-state index contributed by atoms with van der Waals surface area (Å²) < 4.78 is 10.6. The Kier molecular flexibility index (Phi) is 4.76. The van der Waals surface area contributed by atoms with Gasteiger partial charge in [-0.15, -0.1) is 11.3 Å². The molecule has 2 atom stereocenters. The zero-order chi connectivity index (χ0) is 13.8. The van der Waals surface area contributed by atoms with E-state index in [0.29, 0.717) is 6.61 Å². The van der Waals surface area contributed by atoms with E-state index in [4.69, 9.17) is 9.47 Å². The van der Waals surface area contributed by atoms with E-state index >= 15 is 0 Å². The van der Waals surface area contributed by atoms with E-state index < -0.39 is 0 Å². The average molecular weight is 284 g/mol. The molecule has 1 aromatic heterocycles. The van der Waals surface area contributed by atoms with E-state index in [9.17, 15) is 4.79 Å². The number of nitrogens with zero attached hydrogens (tertiary/aromatic N) is 2. The Hall–Kier alpha value is -1.14. The lowest BCUT2D eigenvalue weighted by molar-refractivity contribution is -0.142. The minimum atomic E-state index is -0.219. The number of carbonyl (C=O) groups is 1. The van der Waals surface area contributed by atoms with Crippen LogP contribution in [0.4, 0.5) is 5.13 Å². The molecular weight excluding hydrogens is 264 g/mol. The Morgan fingerprint density at radius 1 is 1.53 bits per heavy atom. The highest BCUT2D eigenvalue weighted by molar-refractivity contribution is 7.13. The van der Waals surface area contributed by atoms with Gasteiger partial charge in [-0.1, -0.05) is 0 Å². The van der Waals surface area contributed by atoms with Crippen LogP contribution in [0.2, 0.25) is 0 Å². The molecule has 6 heteroatoms. The number of thiazole rings is 1. The lowest BCUT2D eigenvalue weighted by Gasteiger charge is -2.35. The Balaban J connectivity index is 1.98. The van der Waals surface area contributed by atoms with Crippen LogP contribution in [0.5, 0.6) is 0 Å². The summed E-state index contributed by atoms with van der Waals surface area (Å²) in [5, 5.41) is 2.89.